The molecule has 0 fully saturated rings. The first-order valence-corrected chi connectivity index (χ1v) is 8.12. The van der Waals surface area contributed by atoms with Crippen LogP contribution in [-0.4, -0.2) is 26.2 Å². The van der Waals surface area contributed by atoms with Gasteiger partial charge >= 0.3 is 0 Å². The molecule has 2 aromatic rings. The molecule has 0 aromatic heterocycles. The van der Waals surface area contributed by atoms with E-state index in [2.05, 4.69) is 17.6 Å². The lowest BCUT2D eigenvalue weighted by molar-refractivity contribution is -0.114. The summed E-state index contributed by atoms with van der Waals surface area (Å²) in [5.41, 5.74) is 1.58. The number of amides is 1. The molecular weight excluding hydrogens is 304 g/mol. The van der Waals surface area contributed by atoms with E-state index in [0.29, 0.717) is 6.61 Å². The molecule has 0 spiro atoms. The Labute approximate surface area is 143 Å². The zero-order valence-corrected chi connectivity index (χ0v) is 14.2. The lowest BCUT2D eigenvalue weighted by Crippen LogP contribution is -2.21. The third-order valence-corrected chi connectivity index (χ3v) is 3.43. The largest absolute Gasteiger partial charge is 0.497 e. The molecule has 0 heterocycles. The van der Waals surface area contributed by atoms with E-state index in [1.807, 2.05) is 48.5 Å². The van der Waals surface area contributed by atoms with E-state index in [0.717, 1.165) is 35.7 Å². The van der Waals surface area contributed by atoms with Gasteiger partial charge < -0.3 is 20.1 Å². The minimum Gasteiger partial charge on any atom is -0.497 e. The fourth-order valence-corrected chi connectivity index (χ4v) is 2.09. The van der Waals surface area contributed by atoms with Gasteiger partial charge in [-0.15, -0.1) is 0 Å². The van der Waals surface area contributed by atoms with Crippen LogP contribution in [0.1, 0.15) is 19.8 Å². The van der Waals surface area contributed by atoms with Gasteiger partial charge in [-0.3, -0.25) is 4.79 Å². The molecule has 0 saturated heterocycles. The molecule has 0 atom stereocenters. The maximum absolute atomic E-state index is 12.0. The Morgan fingerprint density at radius 3 is 2.54 bits per heavy atom. The molecule has 2 N–H and O–H groups in total. The van der Waals surface area contributed by atoms with Crippen LogP contribution in [0.25, 0.3) is 0 Å². The quantitative estimate of drug-likeness (QED) is 0.685. The van der Waals surface area contributed by atoms with Crippen LogP contribution in [0.3, 0.4) is 0 Å². The summed E-state index contributed by atoms with van der Waals surface area (Å²) in [4.78, 5) is 12.0. The molecular formula is C19H24N2O3. The van der Waals surface area contributed by atoms with Crippen LogP contribution in [0.15, 0.2) is 48.5 Å². The number of carbonyl (C=O) groups is 1. The fourth-order valence-electron chi connectivity index (χ4n) is 2.09. The average molecular weight is 328 g/mol. The van der Waals surface area contributed by atoms with Gasteiger partial charge in [0, 0.05) is 17.4 Å². The SMILES string of the molecule is CCCCOc1ccc(NC(=O)CNc2cccc(OC)c2)cc1. The van der Waals surface area contributed by atoms with Crippen molar-refractivity contribution >= 4 is 17.3 Å². The Hall–Kier alpha value is -2.69. The van der Waals surface area contributed by atoms with E-state index in [-0.39, 0.29) is 12.5 Å². The summed E-state index contributed by atoms with van der Waals surface area (Å²) >= 11 is 0. The number of ether oxygens (including phenoxy) is 2. The second-order valence-electron chi connectivity index (χ2n) is 5.36. The minimum atomic E-state index is -0.113. The number of unbranched alkanes of at least 4 members (excludes halogenated alkanes) is 1. The molecule has 0 radical (unpaired) electrons. The number of carbonyl (C=O) groups excluding carboxylic acids is 1. The Morgan fingerprint density at radius 2 is 1.83 bits per heavy atom. The van der Waals surface area contributed by atoms with Crippen LogP contribution in [0.5, 0.6) is 11.5 Å². The number of benzene rings is 2. The Kier molecular flexibility index (Phi) is 6.95. The zero-order chi connectivity index (χ0) is 17.2. The van der Waals surface area contributed by atoms with E-state index in [9.17, 15) is 4.79 Å². The van der Waals surface area contributed by atoms with Crippen molar-refractivity contribution in [1.29, 1.82) is 0 Å². The summed E-state index contributed by atoms with van der Waals surface area (Å²) in [6.45, 7) is 3.02. The van der Waals surface area contributed by atoms with E-state index in [1.165, 1.54) is 0 Å². The first-order valence-electron chi connectivity index (χ1n) is 8.12. The van der Waals surface area contributed by atoms with Crippen molar-refractivity contribution in [2.24, 2.45) is 0 Å². The van der Waals surface area contributed by atoms with E-state index in [4.69, 9.17) is 9.47 Å². The highest BCUT2D eigenvalue weighted by Crippen LogP contribution is 2.17. The van der Waals surface area contributed by atoms with Crippen LogP contribution in [-0.2, 0) is 4.79 Å². The topological polar surface area (TPSA) is 59.6 Å². The fraction of sp³-hybridized carbons (Fsp3) is 0.316. The van der Waals surface area contributed by atoms with Crippen molar-refractivity contribution in [3.05, 3.63) is 48.5 Å². The van der Waals surface area contributed by atoms with Crippen molar-refractivity contribution in [2.75, 3.05) is 30.9 Å². The molecule has 1 amide bonds. The molecule has 0 aliphatic rings. The Morgan fingerprint density at radius 1 is 1.04 bits per heavy atom. The Balaban J connectivity index is 1.79. The van der Waals surface area contributed by atoms with Crippen LogP contribution in [0.2, 0.25) is 0 Å². The molecule has 2 aromatic carbocycles. The molecule has 128 valence electrons. The van der Waals surface area contributed by atoms with Gasteiger partial charge in [-0.2, -0.15) is 0 Å². The second kappa shape index (κ2) is 9.45. The van der Waals surface area contributed by atoms with Crippen molar-refractivity contribution in [3.8, 4) is 11.5 Å². The van der Waals surface area contributed by atoms with Crippen LogP contribution in [0, 0.1) is 0 Å². The number of anilines is 2. The highest BCUT2D eigenvalue weighted by atomic mass is 16.5. The summed E-state index contributed by atoms with van der Waals surface area (Å²) in [6, 6.07) is 14.9. The lowest BCUT2D eigenvalue weighted by Gasteiger charge is -2.10. The van der Waals surface area contributed by atoms with Gasteiger partial charge in [0.05, 0.1) is 20.3 Å². The molecule has 2 rings (SSSR count). The summed E-state index contributed by atoms with van der Waals surface area (Å²) in [7, 11) is 1.61. The predicted molar refractivity (Wildman–Crippen MR) is 97.0 cm³/mol. The third kappa shape index (κ3) is 5.83. The standard InChI is InChI=1S/C19H24N2O3/c1-3-4-12-24-17-10-8-15(9-11-17)21-19(22)14-20-16-6-5-7-18(13-16)23-2/h5-11,13,20H,3-4,12,14H2,1-2H3,(H,21,22). The Bertz CT molecular complexity index is 641. The van der Waals surface area contributed by atoms with Crippen molar-refractivity contribution < 1.29 is 14.3 Å². The minimum absolute atomic E-state index is 0.113. The summed E-state index contributed by atoms with van der Waals surface area (Å²) in [5.74, 6) is 1.45. The second-order valence-corrected chi connectivity index (χ2v) is 5.36. The highest BCUT2D eigenvalue weighted by Gasteiger charge is 2.03. The first-order chi connectivity index (χ1) is 11.7. The van der Waals surface area contributed by atoms with Gasteiger partial charge in [-0.05, 0) is 42.8 Å². The monoisotopic (exact) mass is 328 g/mol. The van der Waals surface area contributed by atoms with Gasteiger partial charge in [-0.25, -0.2) is 0 Å². The van der Waals surface area contributed by atoms with Crippen LogP contribution < -0.4 is 20.1 Å². The third-order valence-electron chi connectivity index (χ3n) is 3.43. The summed E-state index contributed by atoms with van der Waals surface area (Å²) in [5, 5.41) is 5.92. The highest BCUT2D eigenvalue weighted by molar-refractivity contribution is 5.93. The normalized spacial score (nSPS) is 10.1. The van der Waals surface area contributed by atoms with Crippen molar-refractivity contribution in [2.45, 2.75) is 19.8 Å². The number of nitrogens with one attached hydrogen (secondary N) is 2. The molecule has 0 bridgehead atoms. The van der Waals surface area contributed by atoms with Crippen LogP contribution >= 0.6 is 0 Å². The van der Waals surface area contributed by atoms with Gasteiger partial charge in [-0.1, -0.05) is 19.4 Å². The molecule has 0 unspecified atom stereocenters. The molecule has 5 nitrogen and oxygen atoms in total. The van der Waals surface area contributed by atoms with E-state index >= 15 is 0 Å². The zero-order valence-electron chi connectivity index (χ0n) is 14.2. The maximum atomic E-state index is 12.0. The number of hydrogen-bond donors (Lipinski definition) is 2. The average Bonchev–Trinajstić information content (AvgIpc) is 2.62. The molecule has 24 heavy (non-hydrogen) atoms. The summed E-state index contributed by atoms with van der Waals surface area (Å²) in [6.07, 6.45) is 2.14. The number of methoxy groups -OCH3 is 1. The lowest BCUT2D eigenvalue weighted by atomic mass is 10.3. The number of hydrogen-bond acceptors (Lipinski definition) is 4. The maximum Gasteiger partial charge on any atom is 0.243 e. The summed E-state index contributed by atoms with van der Waals surface area (Å²) < 4.78 is 10.7. The van der Waals surface area contributed by atoms with E-state index in [1.54, 1.807) is 7.11 Å². The van der Waals surface area contributed by atoms with E-state index < -0.39 is 0 Å². The van der Waals surface area contributed by atoms with Crippen molar-refractivity contribution in [1.82, 2.24) is 0 Å². The number of rotatable bonds is 9. The molecule has 0 saturated carbocycles. The molecule has 0 aliphatic carbocycles. The first kappa shape index (κ1) is 17.7. The van der Waals surface area contributed by atoms with Gasteiger partial charge in [0.1, 0.15) is 11.5 Å². The van der Waals surface area contributed by atoms with Gasteiger partial charge in [0.2, 0.25) is 5.91 Å². The van der Waals surface area contributed by atoms with Crippen molar-refractivity contribution in [3.63, 3.8) is 0 Å². The smallest absolute Gasteiger partial charge is 0.243 e. The van der Waals surface area contributed by atoms with Crippen LogP contribution in [0.4, 0.5) is 11.4 Å². The predicted octanol–water partition coefficient (Wildman–Crippen LogP) is 3.92. The van der Waals surface area contributed by atoms with Gasteiger partial charge in [0.15, 0.2) is 0 Å². The molecule has 0 aliphatic heterocycles. The van der Waals surface area contributed by atoms with Gasteiger partial charge in [0.25, 0.3) is 0 Å². The molecule has 5 heteroatoms.